The Morgan fingerprint density at radius 3 is 2.56 bits per heavy atom. The van der Waals surface area contributed by atoms with E-state index in [1.807, 2.05) is 0 Å². The van der Waals surface area contributed by atoms with Gasteiger partial charge in [0.15, 0.2) is 0 Å². The second kappa shape index (κ2) is 5.96. The van der Waals surface area contributed by atoms with Crippen molar-refractivity contribution >= 4 is 0 Å². The first-order chi connectivity index (χ1) is 7.74. The Morgan fingerprint density at radius 1 is 1.12 bits per heavy atom. The predicted molar refractivity (Wildman–Crippen MR) is 65.8 cm³/mol. The van der Waals surface area contributed by atoms with Crippen LogP contribution in [0.15, 0.2) is 0 Å². The van der Waals surface area contributed by atoms with Crippen LogP contribution in [-0.4, -0.2) is 75.4 Å². The summed E-state index contributed by atoms with van der Waals surface area (Å²) in [5, 5.41) is 3.65. The zero-order valence-electron chi connectivity index (χ0n) is 10.6. The maximum Gasteiger partial charge on any atom is 0.0826 e. The summed E-state index contributed by atoms with van der Waals surface area (Å²) in [5.74, 6) is 0. The number of ether oxygens (including phenoxy) is 1. The SMILES string of the molecule is CN1CCC(NCC2CN(C)CCO2)CC1. The zero-order chi connectivity index (χ0) is 11.4. The lowest BCUT2D eigenvalue weighted by atomic mass is 10.1. The van der Waals surface area contributed by atoms with E-state index in [4.69, 9.17) is 4.74 Å². The zero-order valence-corrected chi connectivity index (χ0v) is 10.6. The number of hydrogen-bond acceptors (Lipinski definition) is 4. The van der Waals surface area contributed by atoms with Crippen LogP contribution in [0.3, 0.4) is 0 Å². The normalized spacial score (nSPS) is 30.8. The van der Waals surface area contributed by atoms with E-state index in [9.17, 15) is 0 Å². The van der Waals surface area contributed by atoms with Gasteiger partial charge in [-0.25, -0.2) is 0 Å². The molecule has 0 amide bonds. The molecule has 4 heteroatoms. The van der Waals surface area contributed by atoms with Crippen LogP contribution in [-0.2, 0) is 4.74 Å². The summed E-state index contributed by atoms with van der Waals surface area (Å²) < 4.78 is 5.75. The molecule has 16 heavy (non-hydrogen) atoms. The Kier molecular flexibility index (Phi) is 4.58. The van der Waals surface area contributed by atoms with E-state index in [-0.39, 0.29) is 0 Å². The lowest BCUT2D eigenvalue weighted by Gasteiger charge is -2.33. The van der Waals surface area contributed by atoms with Crippen molar-refractivity contribution in [3.63, 3.8) is 0 Å². The van der Waals surface area contributed by atoms with E-state index in [0.717, 1.165) is 26.2 Å². The van der Waals surface area contributed by atoms with Crippen molar-refractivity contribution in [1.29, 1.82) is 0 Å². The number of hydrogen-bond donors (Lipinski definition) is 1. The number of morpholine rings is 1. The van der Waals surface area contributed by atoms with Gasteiger partial charge in [-0.1, -0.05) is 0 Å². The topological polar surface area (TPSA) is 27.7 Å². The standard InChI is InChI=1S/C12H25N3O/c1-14-5-3-11(4-6-14)13-9-12-10-15(2)7-8-16-12/h11-13H,3-10H2,1-2H3. The third-order valence-corrected chi connectivity index (χ3v) is 3.69. The summed E-state index contributed by atoms with van der Waals surface area (Å²) in [6, 6.07) is 0.701. The Hall–Kier alpha value is -0.160. The lowest BCUT2D eigenvalue weighted by Crippen LogP contribution is -2.48. The maximum absolute atomic E-state index is 5.75. The maximum atomic E-state index is 5.75. The van der Waals surface area contributed by atoms with Gasteiger partial charge in [-0.15, -0.1) is 0 Å². The molecule has 2 heterocycles. The molecule has 2 rings (SSSR count). The molecule has 0 radical (unpaired) electrons. The Labute approximate surface area is 98.9 Å². The molecule has 94 valence electrons. The summed E-state index contributed by atoms with van der Waals surface area (Å²) in [5.41, 5.74) is 0. The van der Waals surface area contributed by atoms with Gasteiger partial charge < -0.3 is 19.9 Å². The third-order valence-electron chi connectivity index (χ3n) is 3.69. The highest BCUT2D eigenvalue weighted by Crippen LogP contribution is 2.09. The summed E-state index contributed by atoms with van der Waals surface area (Å²) in [7, 11) is 4.38. The quantitative estimate of drug-likeness (QED) is 0.734. The molecule has 1 atom stereocenters. The molecule has 0 aromatic carbocycles. The number of likely N-dealkylation sites (N-methyl/N-ethyl adjacent to an activating group) is 1. The van der Waals surface area contributed by atoms with Gasteiger partial charge in [-0.05, 0) is 40.0 Å². The van der Waals surface area contributed by atoms with Crippen LogP contribution in [0.4, 0.5) is 0 Å². The number of nitrogens with zero attached hydrogens (tertiary/aromatic N) is 2. The molecule has 2 aliphatic heterocycles. The fraction of sp³-hybridized carbons (Fsp3) is 1.00. The monoisotopic (exact) mass is 227 g/mol. The van der Waals surface area contributed by atoms with Crippen LogP contribution in [0.25, 0.3) is 0 Å². The van der Waals surface area contributed by atoms with Gasteiger partial charge >= 0.3 is 0 Å². The van der Waals surface area contributed by atoms with E-state index in [1.165, 1.54) is 25.9 Å². The van der Waals surface area contributed by atoms with Crippen molar-refractivity contribution in [3.8, 4) is 0 Å². The van der Waals surface area contributed by atoms with Crippen LogP contribution >= 0.6 is 0 Å². The van der Waals surface area contributed by atoms with Gasteiger partial charge in [0.1, 0.15) is 0 Å². The molecule has 2 aliphatic rings. The van der Waals surface area contributed by atoms with Crippen LogP contribution in [0, 0.1) is 0 Å². The lowest BCUT2D eigenvalue weighted by molar-refractivity contribution is -0.0200. The fourth-order valence-electron chi connectivity index (χ4n) is 2.50. The van der Waals surface area contributed by atoms with Crippen molar-refractivity contribution in [2.75, 3.05) is 53.4 Å². The Balaban J connectivity index is 1.63. The first-order valence-corrected chi connectivity index (χ1v) is 6.46. The average molecular weight is 227 g/mol. The van der Waals surface area contributed by atoms with E-state index in [2.05, 4.69) is 29.2 Å². The van der Waals surface area contributed by atoms with Gasteiger partial charge in [0.25, 0.3) is 0 Å². The van der Waals surface area contributed by atoms with Crippen molar-refractivity contribution < 1.29 is 4.74 Å². The summed E-state index contributed by atoms with van der Waals surface area (Å²) in [6.45, 7) is 6.49. The minimum absolute atomic E-state index is 0.387. The molecule has 0 aliphatic carbocycles. The molecule has 2 fully saturated rings. The van der Waals surface area contributed by atoms with Crippen LogP contribution < -0.4 is 5.32 Å². The number of nitrogens with one attached hydrogen (secondary N) is 1. The second-order valence-corrected chi connectivity index (χ2v) is 5.24. The van der Waals surface area contributed by atoms with E-state index in [0.29, 0.717) is 12.1 Å². The first kappa shape index (κ1) is 12.3. The summed E-state index contributed by atoms with van der Waals surface area (Å²) >= 11 is 0. The molecular formula is C12H25N3O. The van der Waals surface area contributed by atoms with Crippen LogP contribution in [0.2, 0.25) is 0 Å². The van der Waals surface area contributed by atoms with Crippen LogP contribution in [0.5, 0.6) is 0 Å². The molecule has 4 nitrogen and oxygen atoms in total. The minimum Gasteiger partial charge on any atom is -0.374 e. The molecule has 2 saturated heterocycles. The highest BCUT2D eigenvalue weighted by atomic mass is 16.5. The van der Waals surface area contributed by atoms with Gasteiger partial charge in [-0.2, -0.15) is 0 Å². The van der Waals surface area contributed by atoms with Gasteiger partial charge in [0.2, 0.25) is 0 Å². The number of piperidine rings is 1. The molecule has 1 unspecified atom stereocenters. The summed E-state index contributed by atoms with van der Waals surface area (Å²) in [4.78, 5) is 4.76. The van der Waals surface area contributed by atoms with E-state index in [1.54, 1.807) is 0 Å². The number of likely N-dealkylation sites (tertiary alicyclic amines) is 1. The highest BCUT2D eigenvalue weighted by molar-refractivity contribution is 4.78. The first-order valence-electron chi connectivity index (χ1n) is 6.46. The van der Waals surface area contributed by atoms with Crippen molar-refractivity contribution in [1.82, 2.24) is 15.1 Å². The van der Waals surface area contributed by atoms with Crippen molar-refractivity contribution in [2.45, 2.75) is 25.0 Å². The smallest absolute Gasteiger partial charge is 0.0826 e. The van der Waals surface area contributed by atoms with E-state index >= 15 is 0 Å². The fourth-order valence-corrected chi connectivity index (χ4v) is 2.50. The van der Waals surface area contributed by atoms with Crippen molar-refractivity contribution in [3.05, 3.63) is 0 Å². The van der Waals surface area contributed by atoms with Gasteiger partial charge in [-0.3, -0.25) is 0 Å². The van der Waals surface area contributed by atoms with Gasteiger partial charge in [0.05, 0.1) is 12.7 Å². The second-order valence-electron chi connectivity index (χ2n) is 5.24. The Bertz CT molecular complexity index is 204. The molecule has 0 saturated carbocycles. The minimum atomic E-state index is 0.387. The highest BCUT2D eigenvalue weighted by Gasteiger charge is 2.20. The molecule has 0 bridgehead atoms. The molecular weight excluding hydrogens is 202 g/mol. The van der Waals surface area contributed by atoms with Crippen molar-refractivity contribution in [2.24, 2.45) is 0 Å². The third kappa shape index (κ3) is 3.70. The van der Waals surface area contributed by atoms with Gasteiger partial charge in [0, 0.05) is 25.7 Å². The predicted octanol–water partition coefficient (Wildman–Crippen LogP) is 0.000800. The Morgan fingerprint density at radius 2 is 1.88 bits per heavy atom. The largest absolute Gasteiger partial charge is 0.374 e. The summed E-state index contributed by atoms with van der Waals surface area (Å²) in [6.07, 6.45) is 2.94. The molecule has 1 N–H and O–H groups in total. The van der Waals surface area contributed by atoms with E-state index < -0.39 is 0 Å². The molecule has 0 aromatic heterocycles. The number of rotatable bonds is 3. The molecule has 0 spiro atoms. The van der Waals surface area contributed by atoms with Crippen LogP contribution in [0.1, 0.15) is 12.8 Å². The average Bonchev–Trinajstić information content (AvgIpc) is 2.28. The molecule has 0 aromatic rings.